The predicted octanol–water partition coefficient (Wildman–Crippen LogP) is 2.45. The molecule has 1 rings (SSSR count). The summed E-state index contributed by atoms with van der Waals surface area (Å²) in [7, 11) is 1.23. The van der Waals surface area contributed by atoms with Crippen molar-refractivity contribution in [1.29, 1.82) is 0 Å². The molecule has 1 aromatic carbocycles. The smallest absolute Gasteiger partial charge is 0.339 e. The maximum absolute atomic E-state index is 11.3. The fourth-order valence-electron chi connectivity index (χ4n) is 1.17. The molecular weight excluding hydrogens is 251 g/mol. The summed E-state index contributed by atoms with van der Waals surface area (Å²) in [5.74, 6) is 1.46. The lowest BCUT2D eigenvalue weighted by molar-refractivity contribution is 0.0600. The number of esters is 1. The van der Waals surface area contributed by atoms with Gasteiger partial charge in [0.1, 0.15) is 6.10 Å². The number of halogens is 2. The van der Waals surface area contributed by atoms with Crippen molar-refractivity contribution in [3.8, 4) is 12.3 Å². The molecule has 0 radical (unpaired) electrons. The third kappa shape index (κ3) is 2.30. The molecule has 1 N–H and O–H groups in total. The average molecular weight is 259 g/mol. The third-order valence-electron chi connectivity index (χ3n) is 1.96. The second kappa shape index (κ2) is 5.22. The van der Waals surface area contributed by atoms with E-state index in [0.717, 1.165) is 0 Å². The summed E-state index contributed by atoms with van der Waals surface area (Å²) >= 11 is 11.8. The molecule has 0 heterocycles. The van der Waals surface area contributed by atoms with Crippen LogP contribution < -0.4 is 0 Å². The van der Waals surface area contributed by atoms with Crippen LogP contribution in [-0.2, 0) is 4.74 Å². The average Bonchev–Trinajstić information content (AvgIpc) is 2.28. The van der Waals surface area contributed by atoms with Gasteiger partial charge in [-0.1, -0.05) is 29.1 Å². The minimum Gasteiger partial charge on any atom is -0.465 e. The highest BCUT2D eigenvalue weighted by Gasteiger charge is 2.20. The van der Waals surface area contributed by atoms with Crippen LogP contribution in [0.15, 0.2) is 12.1 Å². The molecule has 0 fully saturated rings. The van der Waals surface area contributed by atoms with Gasteiger partial charge in [-0.2, -0.15) is 0 Å². The Hall–Kier alpha value is -1.21. The number of terminal acetylenes is 1. The summed E-state index contributed by atoms with van der Waals surface area (Å²) in [4.78, 5) is 11.3. The van der Waals surface area contributed by atoms with Gasteiger partial charge in [0, 0.05) is 10.6 Å². The van der Waals surface area contributed by atoms with Crippen LogP contribution in [0.25, 0.3) is 0 Å². The Morgan fingerprint density at radius 3 is 2.69 bits per heavy atom. The predicted molar refractivity (Wildman–Crippen MR) is 61.6 cm³/mol. The molecule has 0 aromatic heterocycles. The lowest BCUT2D eigenvalue weighted by Gasteiger charge is -2.11. The van der Waals surface area contributed by atoms with Crippen LogP contribution in [0.1, 0.15) is 22.0 Å². The molecule has 1 unspecified atom stereocenters. The summed E-state index contributed by atoms with van der Waals surface area (Å²) in [6.45, 7) is 0. The van der Waals surface area contributed by atoms with Gasteiger partial charge in [0.2, 0.25) is 0 Å². The number of ether oxygens (including phenoxy) is 1. The van der Waals surface area contributed by atoms with Gasteiger partial charge in [-0.3, -0.25) is 0 Å². The normalized spacial score (nSPS) is 11.7. The Bertz CT molecular complexity index is 463. The number of hydrogen-bond acceptors (Lipinski definition) is 3. The first-order valence-corrected chi connectivity index (χ1v) is 4.99. The van der Waals surface area contributed by atoms with Gasteiger partial charge < -0.3 is 9.84 Å². The lowest BCUT2D eigenvalue weighted by Crippen LogP contribution is -2.06. The zero-order chi connectivity index (χ0) is 12.3. The van der Waals surface area contributed by atoms with Gasteiger partial charge in [0.05, 0.1) is 17.7 Å². The molecular formula is C11H8Cl2O3. The minimum atomic E-state index is -1.26. The largest absolute Gasteiger partial charge is 0.465 e. The topological polar surface area (TPSA) is 46.5 Å². The maximum atomic E-state index is 11.3. The van der Waals surface area contributed by atoms with Gasteiger partial charge in [0.15, 0.2) is 0 Å². The first-order valence-electron chi connectivity index (χ1n) is 4.23. The van der Waals surface area contributed by atoms with Crippen LogP contribution in [0.5, 0.6) is 0 Å². The number of benzene rings is 1. The zero-order valence-corrected chi connectivity index (χ0v) is 9.84. The van der Waals surface area contributed by atoms with Crippen LogP contribution in [0.4, 0.5) is 0 Å². The van der Waals surface area contributed by atoms with E-state index >= 15 is 0 Å². The van der Waals surface area contributed by atoms with E-state index in [0.29, 0.717) is 0 Å². The summed E-state index contributed by atoms with van der Waals surface area (Å²) in [6, 6.07) is 2.83. The first kappa shape index (κ1) is 12.9. The number of rotatable bonds is 2. The van der Waals surface area contributed by atoms with Gasteiger partial charge >= 0.3 is 5.97 Å². The fourth-order valence-corrected chi connectivity index (χ4v) is 1.83. The zero-order valence-electron chi connectivity index (χ0n) is 8.33. The Morgan fingerprint density at radius 1 is 1.56 bits per heavy atom. The highest BCUT2D eigenvalue weighted by Crippen LogP contribution is 2.33. The van der Waals surface area contributed by atoms with Crippen LogP contribution in [0.2, 0.25) is 10.0 Å². The maximum Gasteiger partial charge on any atom is 0.339 e. The number of aliphatic hydroxyl groups is 1. The summed E-state index contributed by atoms with van der Waals surface area (Å²) in [5, 5.41) is 9.71. The standard InChI is InChI=1S/C11H8Cl2O3/c1-3-8(14)9-7(12)5-4-6(10(9)13)11(15)16-2/h1,4-5,8,14H,2H3. The second-order valence-electron chi connectivity index (χ2n) is 2.88. The highest BCUT2D eigenvalue weighted by molar-refractivity contribution is 6.38. The summed E-state index contributed by atoms with van der Waals surface area (Å²) < 4.78 is 4.53. The number of aliphatic hydroxyl groups excluding tert-OH is 1. The van der Waals surface area contributed by atoms with Crippen LogP contribution >= 0.6 is 23.2 Å². The van der Waals surface area contributed by atoms with Crippen LogP contribution in [-0.4, -0.2) is 18.2 Å². The third-order valence-corrected chi connectivity index (χ3v) is 2.70. The first-order chi connectivity index (χ1) is 7.52. The quantitative estimate of drug-likeness (QED) is 0.655. The summed E-state index contributed by atoms with van der Waals surface area (Å²) in [6.07, 6.45) is 3.81. The molecule has 0 saturated heterocycles. The van der Waals surface area contributed by atoms with Gasteiger partial charge in [0.25, 0.3) is 0 Å². The van der Waals surface area contributed by atoms with Crippen molar-refractivity contribution >= 4 is 29.2 Å². The van der Waals surface area contributed by atoms with Crippen molar-refractivity contribution in [2.24, 2.45) is 0 Å². The molecule has 84 valence electrons. The van der Waals surface area contributed by atoms with Crippen molar-refractivity contribution in [2.75, 3.05) is 7.11 Å². The van der Waals surface area contributed by atoms with Crippen molar-refractivity contribution in [1.82, 2.24) is 0 Å². The minimum absolute atomic E-state index is 0.00444. The molecule has 0 saturated carbocycles. The second-order valence-corrected chi connectivity index (χ2v) is 3.67. The van der Waals surface area contributed by atoms with Crippen molar-refractivity contribution < 1.29 is 14.6 Å². The number of carbonyl (C=O) groups excluding carboxylic acids is 1. The van der Waals surface area contributed by atoms with Crippen molar-refractivity contribution in [3.63, 3.8) is 0 Å². The molecule has 0 aliphatic rings. The molecule has 3 nitrogen and oxygen atoms in total. The van der Waals surface area contributed by atoms with Gasteiger partial charge in [-0.05, 0) is 12.1 Å². The van der Waals surface area contributed by atoms with Crippen molar-refractivity contribution in [3.05, 3.63) is 33.3 Å². The molecule has 16 heavy (non-hydrogen) atoms. The number of methoxy groups -OCH3 is 1. The Morgan fingerprint density at radius 2 is 2.19 bits per heavy atom. The molecule has 0 spiro atoms. The van der Waals surface area contributed by atoms with Crippen molar-refractivity contribution in [2.45, 2.75) is 6.10 Å². The van der Waals surface area contributed by atoms with E-state index in [1.54, 1.807) is 0 Å². The molecule has 1 atom stereocenters. The van der Waals surface area contributed by atoms with E-state index in [2.05, 4.69) is 10.7 Å². The van der Waals surface area contributed by atoms with E-state index in [9.17, 15) is 9.90 Å². The molecule has 0 aliphatic carbocycles. The highest BCUT2D eigenvalue weighted by atomic mass is 35.5. The van der Waals surface area contributed by atoms with Crippen LogP contribution in [0, 0.1) is 12.3 Å². The molecule has 0 amide bonds. The molecule has 1 aromatic rings. The summed E-state index contributed by atoms with van der Waals surface area (Å²) in [5.41, 5.74) is 0.242. The monoisotopic (exact) mass is 258 g/mol. The Labute approximate surface area is 103 Å². The molecule has 0 aliphatic heterocycles. The van der Waals surface area contributed by atoms with E-state index in [4.69, 9.17) is 29.6 Å². The molecule has 0 bridgehead atoms. The Balaban J connectivity index is 3.39. The lowest BCUT2D eigenvalue weighted by atomic mass is 10.1. The SMILES string of the molecule is C#CC(O)c1c(Cl)ccc(C(=O)OC)c1Cl. The van der Waals surface area contributed by atoms with Gasteiger partial charge in [-0.25, -0.2) is 4.79 Å². The van der Waals surface area contributed by atoms with E-state index in [-0.39, 0.29) is 21.2 Å². The number of carbonyl (C=O) groups is 1. The number of hydrogen-bond donors (Lipinski definition) is 1. The van der Waals surface area contributed by atoms with E-state index in [1.807, 2.05) is 0 Å². The van der Waals surface area contributed by atoms with Gasteiger partial charge in [-0.15, -0.1) is 6.42 Å². The Kier molecular flexibility index (Phi) is 4.19. The fraction of sp³-hybridized carbons (Fsp3) is 0.182. The van der Waals surface area contributed by atoms with E-state index in [1.165, 1.54) is 19.2 Å². The van der Waals surface area contributed by atoms with E-state index < -0.39 is 12.1 Å². The van der Waals surface area contributed by atoms with Crippen LogP contribution in [0.3, 0.4) is 0 Å². The molecule has 5 heteroatoms.